The summed E-state index contributed by atoms with van der Waals surface area (Å²) < 4.78 is 5.54. The Labute approximate surface area is 144 Å². The molecule has 1 aromatic carbocycles. The highest BCUT2D eigenvalue weighted by molar-refractivity contribution is 5.14. The Morgan fingerprint density at radius 1 is 1.12 bits per heavy atom. The van der Waals surface area contributed by atoms with Crippen LogP contribution in [0.1, 0.15) is 36.3 Å². The van der Waals surface area contributed by atoms with E-state index in [-0.39, 0.29) is 6.61 Å². The van der Waals surface area contributed by atoms with Gasteiger partial charge in [-0.1, -0.05) is 30.3 Å². The maximum absolute atomic E-state index is 9.05. The molecule has 1 fully saturated rings. The van der Waals surface area contributed by atoms with Crippen LogP contribution in [0.15, 0.2) is 46.9 Å². The fourth-order valence-corrected chi connectivity index (χ4v) is 3.42. The normalized spacial score (nSPS) is 18.8. The number of aryl methyl sites for hydroxylation is 1. The smallest absolute Gasteiger partial charge is 0.129 e. The second-order valence-corrected chi connectivity index (χ2v) is 6.64. The Bertz CT molecular complexity index is 597. The number of furan rings is 1. The summed E-state index contributed by atoms with van der Waals surface area (Å²) in [5.41, 5.74) is 1.43. The molecule has 24 heavy (non-hydrogen) atoms. The molecule has 0 saturated carbocycles. The third-order valence-electron chi connectivity index (χ3n) is 4.73. The number of hydrogen-bond acceptors (Lipinski definition) is 4. The average Bonchev–Trinajstić information content (AvgIpc) is 3.09. The highest BCUT2D eigenvalue weighted by Crippen LogP contribution is 2.13. The summed E-state index contributed by atoms with van der Waals surface area (Å²) in [4.78, 5) is 2.57. The third kappa shape index (κ3) is 5.20. The number of nitrogens with zero attached hydrogens (tertiary/aromatic N) is 1. The Morgan fingerprint density at radius 2 is 1.96 bits per heavy atom. The Hall–Kier alpha value is -1.62. The molecule has 2 aromatic rings. The first-order valence-corrected chi connectivity index (χ1v) is 9.01. The maximum Gasteiger partial charge on any atom is 0.129 e. The number of piperidine rings is 1. The topological polar surface area (TPSA) is 48.6 Å². The minimum absolute atomic E-state index is 0.0291. The number of nitrogens with one attached hydrogen (secondary N) is 1. The molecule has 1 aliphatic heterocycles. The van der Waals surface area contributed by atoms with Gasteiger partial charge in [0.2, 0.25) is 0 Å². The van der Waals surface area contributed by atoms with Gasteiger partial charge in [0, 0.05) is 12.6 Å². The number of hydrogen-bond donors (Lipinski definition) is 2. The summed E-state index contributed by atoms with van der Waals surface area (Å²) >= 11 is 0. The second-order valence-electron chi connectivity index (χ2n) is 6.64. The summed E-state index contributed by atoms with van der Waals surface area (Å²) in [5, 5.41) is 12.6. The highest BCUT2D eigenvalue weighted by Gasteiger charge is 2.19. The predicted octanol–water partition coefficient (Wildman–Crippen LogP) is 2.96. The molecule has 0 radical (unpaired) electrons. The fourth-order valence-electron chi connectivity index (χ4n) is 3.42. The van der Waals surface area contributed by atoms with E-state index in [0.717, 1.165) is 25.3 Å². The van der Waals surface area contributed by atoms with Gasteiger partial charge in [-0.2, -0.15) is 0 Å². The van der Waals surface area contributed by atoms with E-state index in [4.69, 9.17) is 9.52 Å². The van der Waals surface area contributed by atoms with Gasteiger partial charge in [-0.3, -0.25) is 0 Å². The lowest BCUT2D eigenvalue weighted by Gasteiger charge is -2.33. The van der Waals surface area contributed by atoms with Crippen molar-refractivity contribution >= 4 is 0 Å². The van der Waals surface area contributed by atoms with Crippen LogP contribution in [0.4, 0.5) is 0 Å². The zero-order valence-electron chi connectivity index (χ0n) is 14.3. The molecule has 130 valence electrons. The summed E-state index contributed by atoms with van der Waals surface area (Å²) in [6.45, 7) is 4.20. The van der Waals surface area contributed by atoms with Crippen molar-refractivity contribution in [3.05, 3.63) is 59.5 Å². The first-order chi connectivity index (χ1) is 11.8. The van der Waals surface area contributed by atoms with Crippen LogP contribution in [0, 0.1) is 0 Å². The van der Waals surface area contributed by atoms with E-state index < -0.39 is 0 Å². The van der Waals surface area contributed by atoms with Crippen LogP contribution >= 0.6 is 0 Å². The molecule has 1 unspecified atom stereocenters. The van der Waals surface area contributed by atoms with Crippen LogP contribution in [0.25, 0.3) is 0 Å². The van der Waals surface area contributed by atoms with Gasteiger partial charge in [0.15, 0.2) is 0 Å². The summed E-state index contributed by atoms with van der Waals surface area (Å²) in [5.74, 6) is 1.54. The van der Waals surface area contributed by atoms with Crippen LogP contribution in [-0.4, -0.2) is 35.7 Å². The molecule has 4 nitrogen and oxygen atoms in total. The van der Waals surface area contributed by atoms with Gasteiger partial charge in [-0.05, 0) is 56.5 Å². The van der Waals surface area contributed by atoms with E-state index in [1.807, 2.05) is 12.1 Å². The second kappa shape index (κ2) is 9.02. The third-order valence-corrected chi connectivity index (χ3v) is 4.73. The molecule has 1 atom stereocenters. The first-order valence-electron chi connectivity index (χ1n) is 9.01. The van der Waals surface area contributed by atoms with Gasteiger partial charge in [0.25, 0.3) is 0 Å². The Balaban J connectivity index is 1.37. The minimum Gasteiger partial charge on any atom is -0.462 e. The lowest BCUT2D eigenvalue weighted by atomic mass is 10.0. The molecule has 4 heteroatoms. The van der Waals surface area contributed by atoms with E-state index in [0.29, 0.717) is 11.8 Å². The van der Waals surface area contributed by atoms with E-state index in [1.165, 1.54) is 37.9 Å². The predicted molar refractivity (Wildman–Crippen MR) is 95.7 cm³/mol. The van der Waals surface area contributed by atoms with Crippen LogP contribution in [0.2, 0.25) is 0 Å². The number of aliphatic hydroxyl groups is 1. The van der Waals surface area contributed by atoms with E-state index in [1.54, 1.807) is 0 Å². The number of likely N-dealkylation sites (tertiary alicyclic amines) is 1. The Morgan fingerprint density at radius 3 is 2.75 bits per heavy atom. The summed E-state index contributed by atoms with van der Waals surface area (Å²) in [7, 11) is 0. The van der Waals surface area contributed by atoms with Gasteiger partial charge < -0.3 is 19.7 Å². The molecule has 0 bridgehead atoms. The van der Waals surface area contributed by atoms with Crippen molar-refractivity contribution in [1.82, 2.24) is 10.2 Å². The monoisotopic (exact) mass is 328 g/mol. The zero-order chi connectivity index (χ0) is 16.6. The van der Waals surface area contributed by atoms with E-state index in [9.17, 15) is 0 Å². The molecule has 2 N–H and O–H groups in total. The van der Waals surface area contributed by atoms with Crippen molar-refractivity contribution in [3.63, 3.8) is 0 Å². The molecule has 0 aliphatic carbocycles. The molecule has 0 spiro atoms. The molecular weight excluding hydrogens is 300 g/mol. The highest BCUT2D eigenvalue weighted by atomic mass is 16.4. The van der Waals surface area contributed by atoms with E-state index in [2.05, 4.69) is 40.5 Å². The molecule has 1 aliphatic rings. The van der Waals surface area contributed by atoms with Crippen molar-refractivity contribution in [1.29, 1.82) is 0 Å². The van der Waals surface area contributed by atoms with Crippen molar-refractivity contribution in [2.45, 2.75) is 44.9 Å². The molecule has 2 heterocycles. The van der Waals surface area contributed by atoms with Crippen LogP contribution in [-0.2, 0) is 19.6 Å². The van der Waals surface area contributed by atoms with Gasteiger partial charge >= 0.3 is 0 Å². The van der Waals surface area contributed by atoms with Crippen LogP contribution in [0.3, 0.4) is 0 Å². The lowest BCUT2D eigenvalue weighted by molar-refractivity contribution is 0.185. The van der Waals surface area contributed by atoms with E-state index >= 15 is 0 Å². The summed E-state index contributed by atoms with van der Waals surface area (Å²) in [6.07, 6.45) is 4.85. The standard InChI is InChI=1S/C20H28N2O2/c23-16-20-11-10-19(24-20)14-21-18-9-5-13-22(15-18)12-4-8-17-6-2-1-3-7-17/h1-3,6-7,10-11,18,21,23H,4-5,8-9,12-16H2. The zero-order valence-corrected chi connectivity index (χ0v) is 14.3. The molecule has 3 rings (SSSR count). The average molecular weight is 328 g/mol. The van der Waals surface area contributed by atoms with Crippen molar-refractivity contribution in [3.8, 4) is 0 Å². The quantitative estimate of drug-likeness (QED) is 0.782. The summed E-state index contributed by atoms with van der Waals surface area (Å²) in [6, 6.07) is 15.0. The number of benzene rings is 1. The van der Waals surface area contributed by atoms with Crippen molar-refractivity contribution < 1.29 is 9.52 Å². The molecule has 0 amide bonds. The van der Waals surface area contributed by atoms with Crippen molar-refractivity contribution in [2.24, 2.45) is 0 Å². The van der Waals surface area contributed by atoms with Gasteiger partial charge in [-0.15, -0.1) is 0 Å². The van der Waals surface area contributed by atoms with Crippen LogP contribution < -0.4 is 5.32 Å². The molecular formula is C20H28N2O2. The minimum atomic E-state index is -0.0291. The first kappa shape index (κ1) is 17.2. The number of aliphatic hydroxyl groups excluding tert-OH is 1. The SMILES string of the molecule is OCc1ccc(CNC2CCCN(CCCc3ccccc3)C2)o1. The fraction of sp³-hybridized carbons (Fsp3) is 0.500. The Kier molecular flexibility index (Phi) is 6.47. The largest absolute Gasteiger partial charge is 0.462 e. The van der Waals surface area contributed by atoms with Gasteiger partial charge in [-0.25, -0.2) is 0 Å². The number of rotatable bonds is 8. The molecule has 1 aromatic heterocycles. The van der Waals surface area contributed by atoms with Crippen LogP contribution in [0.5, 0.6) is 0 Å². The lowest BCUT2D eigenvalue weighted by Crippen LogP contribution is -2.45. The van der Waals surface area contributed by atoms with Crippen molar-refractivity contribution in [2.75, 3.05) is 19.6 Å². The maximum atomic E-state index is 9.05. The molecule has 1 saturated heterocycles. The van der Waals surface area contributed by atoms with Gasteiger partial charge in [0.05, 0.1) is 6.54 Å². The van der Waals surface area contributed by atoms with Gasteiger partial charge in [0.1, 0.15) is 18.1 Å².